The first-order valence-corrected chi connectivity index (χ1v) is 4.57. The topological polar surface area (TPSA) is 53.7 Å². The number of hydrogen-bond acceptors (Lipinski definition) is 4. The van der Waals surface area contributed by atoms with Crippen molar-refractivity contribution in [2.24, 2.45) is 5.90 Å². The third-order valence-electron chi connectivity index (χ3n) is 2.09. The molecule has 0 fully saturated rings. The fourth-order valence-corrected chi connectivity index (χ4v) is 1.41. The Kier molecular flexibility index (Phi) is 4.19. The second-order valence-corrected chi connectivity index (χ2v) is 3.19. The van der Waals surface area contributed by atoms with Crippen molar-refractivity contribution in [1.82, 2.24) is 0 Å². The summed E-state index contributed by atoms with van der Waals surface area (Å²) in [6, 6.07) is 2.29. The van der Waals surface area contributed by atoms with Crippen molar-refractivity contribution in [3.05, 3.63) is 23.3 Å². The monoisotopic (exact) mass is 251 g/mol. The van der Waals surface area contributed by atoms with Crippen LogP contribution in [0.3, 0.4) is 0 Å². The molecule has 0 amide bonds. The van der Waals surface area contributed by atoms with Crippen LogP contribution in [0.5, 0.6) is 11.5 Å². The van der Waals surface area contributed by atoms with E-state index in [0.717, 1.165) is 13.2 Å². The molecule has 0 aromatic heterocycles. The van der Waals surface area contributed by atoms with Crippen molar-refractivity contribution in [3.63, 3.8) is 0 Å². The van der Waals surface area contributed by atoms with E-state index in [1.165, 1.54) is 13.2 Å². The van der Waals surface area contributed by atoms with Gasteiger partial charge in [-0.2, -0.15) is 13.2 Å². The number of nitrogens with two attached hydrogens (primary N) is 1. The average molecular weight is 251 g/mol. The largest absolute Gasteiger partial charge is 0.493 e. The summed E-state index contributed by atoms with van der Waals surface area (Å²) in [5.74, 6) is 4.45. The second kappa shape index (κ2) is 5.24. The van der Waals surface area contributed by atoms with E-state index in [4.69, 9.17) is 15.4 Å². The Morgan fingerprint density at radius 1 is 1.18 bits per heavy atom. The summed E-state index contributed by atoms with van der Waals surface area (Å²) in [6.45, 7) is -0.149. The summed E-state index contributed by atoms with van der Waals surface area (Å²) >= 11 is 0. The fraction of sp³-hybridized carbons (Fsp3) is 0.400. The predicted molar refractivity (Wildman–Crippen MR) is 53.5 cm³/mol. The zero-order chi connectivity index (χ0) is 13.1. The van der Waals surface area contributed by atoms with Gasteiger partial charge < -0.3 is 9.47 Å². The molecule has 1 aromatic carbocycles. The van der Waals surface area contributed by atoms with Crippen molar-refractivity contribution in [1.29, 1.82) is 0 Å². The highest BCUT2D eigenvalue weighted by molar-refractivity contribution is 5.50. The number of halogens is 3. The number of ether oxygens (including phenoxy) is 2. The highest BCUT2D eigenvalue weighted by Crippen LogP contribution is 2.42. The quantitative estimate of drug-likeness (QED) is 0.833. The lowest BCUT2D eigenvalue weighted by atomic mass is 10.1. The molecule has 96 valence electrons. The molecule has 0 aliphatic heterocycles. The van der Waals surface area contributed by atoms with E-state index in [-0.39, 0.29) is 23.7 Å². The van der Waals surface area contributed by atoms with Gasteiger partial charge >= 0.3 is 6.18 Å². The molecule has 4 nitrogen and oxygen atoms in total. The molecule has 0 aliphatic carbocycles. The minimum atomic E-state index is -4.54. The first-order chi connectivity index (χ1) is 7.93. The summed E-state index contributed by atoms with van der Waals surface area (Å²) < 4.78 is 47.8. The van der Waals surface area contributed by atoms with Crippen LogP contribution in [0, 0.1) is 0 Å². The van der Waals surface area contributed by atoms with Gasteiger partial charge in [-0.05, 0) is 17.7 Å². The molecular formula is C10H12F3NO3. The standard InChI is InChI=1S/C10H12F3NO3/c1-15-8-4-6(5-17-14)3-7(9(8)16-2)10(11,12)13/h3-4H,5,14H2,1-2H3. The van der Waals surface area contributed by atoms with Crippen molar-refractivity contribution in [3.8, 4) is 11.5 Å². The van der Waals surface area contributed by atoms with Gasteiger partial charge in [-0.25, -0.2) is 5.90 Å². The van der Waals surface area contributed by atoms with Gasteiger partial charge in [0.25, 0.3) is 0 Å². The Hall–Kier alpha value is -1.47. The highest BCUT2D eigenvalue weighted by atomic mass is 19.4. The molecule has 0 aliphatic rings. The smallest absolute Gasteiger partial charge is 0.420 e. The van der Waals surface area contributed by atoms with E-state index in [1.807, 2.05) is 0 Å². The van der Waals surface area contributed by atoms with Gasteiger partial charge in [-0.15, -0.1) is 0 Å². The van der Waals surface area contributed by atoms with Gasteiger partial charge in [-0.1, -0.05) is 0 Å². The molecule has 7 heteroatoms. The van der Waals surface area contributed by atoms with Crippen molar-refractivity contribution >= 4 is 0 Å². The number of methoxy groups -OCH3 is 2. The molecule has 1 rings (SSSR count). The Balaban J connectivity index is 3.37. The normalized spacial score (nSPS) is 11.4. The summed E-state index contributed by atoms with van der Waals surface area (Å²) in [6.07, 6.45) is -4.54. The first-order valence-electron chi connectivity index (χ1n) is 4.57. The molecule has 2 N–H and O–H groups in total. The van der Waals surface area contributed by atoms with Crippen molar-refractivity contribution in [2.75, 3.05) is 14.2 Å². The van der Waals surface area contributed by atoms with Gasteiger partial charge in [-0.3, -0.25) is 4.84 Å². The first kappa shape index (κ1) is 13.6. The minimum Gasteiger partial charge on any atom is -0.493 e. The van der Waals surface area contributed by atoms with Crippen LogP contribution in [-0.2, 0) is 17.6 Å². The molecule has 0 unspecified atom stereocenters. The van der Waals surface area contributed by atoms with E-state index in [0.29, 0.717) is 0 Å². The van der Waals surface area contributed by atoms with Crippen LogP contribution < -0.4 is 15.4 Å². The van der Waals surface area contributed by atoms with Crippen LogP contribution in [0.15, 0.2) is 12.1 Å². The Morgan fingerprint density at radius 3 is 2.24 bits per heavy atom. The Morgan fingerprint density at radius 2 is 1.82 bits per heavy atom. The van der Waals surface area contributed by atoms with E-state index in [2.05, 4.69) is 4.84 Å². The van der Waals surface area contributed by atoms with E-state index < -0.39 is 11.7 Å². The number of alkyl halides is 3. The number of benzene rings is 1. The van der Waals surface area contributed by atoms with Crippen molar-refractivity contribution < 1.29 is 27.5 Å². The predicted octanol–water partition coefficient (Wildman–Crippen LogP) is 2.11. The lowest BCUT2D eigenvalue weighted by Crippen LogP contribution is -2.10. The molecule has 0 saturated carbocycles. The fourth-order valence-electron chi connectivity index (χ4n) is 1.41. The van der Waals surface area contributed by atoms with Gasteiger partial charge in [0.15, 0.2) is 11.5 Å². The molecule has 17 heavy (non-hydrogen) atoms. The van der Waals surface area contributed by atoms with E-state index in [1.54, 1.807) is 0 Å². The molecule has 0 spiro atoms. The molecule has 0 saturated heterocycles. The zero-order valence-electron chi connectivity index (χ0n) is 9.30. The van der Waals surface area contributed by atoms with Gasteiger partial charge in [0.2, 0.25) is 0 Å². The van der Waals surface area contributed by atoms with Crippen LogP contribution in [0.2, 0.25) is 0 Å². The van der Waals surface area contributed by atoms with Gasteiger partial charge in [0, 0.05) is 0 Å². The van der Waals surface area contributed by atoms with Crippen LogP contribution in [0.25, 0.3) is 0 Å². The van der Waals surface area contributed by atoms with Crippen LogP contribution in [0.1, 0.15) is 11.1 Å². The lowest BCUT2D eigenvalue weighted by molar-refractivity contribution is -0.139. The maximum atomic E-state index is 12.8. The minimum absolute atomic E-state index is 0.0191. The molecule has 0 radical (unpaired) electrons. The molecule has 0 bridgehead atoms. The van der Waals surface area contributed by atoms with E-state index >= 15 is 0 Å². The SMILES string of the molecule is COc1cc(CON)cc(C(F)(F)F)c1OC. The maximum absolute atomic E-state index is 12.8. The second-order valence-electron chi connectivity index (χ2n) is 3.19. The number of rotatable bonds is 4. The molecule has 1 aromatic rings. The third-order valence-corrected chi connectivity index (χ3v) is 2.09. The van der Waals surface area contributed by atoms with E-state index in [9.17, 15) is 13.2 Å². The van der Waals surface area contributed by atoms with Gasteiger partial charge in [0.05, 0.1) is 20.8 Å². The van der Waals surface area contributed by atoms with Gasteiger partial charge in [0.1, 0.15) is 5.56 Å². The highest BCUT2D eigenvalue weighted by Gasteiger charge is 2.36. The van der Waals surface area contributed by atoms with Crippen LogP contribution in [0.4, 0.5) is 13.2 Å². The molecular weight excluding hydrogens is 239 g/mol. The average Bonchev–Trinajstić information content (AvgIpc) is 2.27. The third kappa shape index (κ3) is 3.01. The number of hydrogen-bond donors (Lipinski definition) is 1. The summed E-state index contributed by atoms with van der Waals surface area (Å²) in [7, 11) is 2.40. The van der Waals surface area contributed by atoms with Crippen LogP contribution in [-0.4, -0.2) is 14.2 Å². The lowest BCUT2D eigenvalue weighted by Gasteiger charge is -2.16. The summed E-state index contributed by atoms with van der Waals surface area (Å²) in [5, 5.41) is 0. The Bertz CT molecular complexity index is 393. The summed E-state index contributed by atoms with van der Waals surface area (Å²) in [4.78, 5) is 4.30. The Labute approximate surface area is 96.0 Å². The zero-order valence-corrected chi connectivity index (χ0v) is 9.30. The maximum Gasteiger partial charge on any atom is 0.420 e. The summed E-state index contributed by atoms with van der Waals surface area (Å²) in [5.41, 5.74) is -0.677. The molecule has 0 atom stereocenters. The van der Waals surface area contributed by atoms with Crippen molar-refractivity contribution in [2.45, 2.75) is 12.8 Å². The molecule has 0 heterocycles. The van der Waals surface area contributed by atoms with Crippen LogP contribution >= 0.6 is 0 Å².